The molecule has 0 amide bonds. The molecule has 1 aliphatic rings. The van der Waals surface area contributed by atoms with Crippen molar-refractivity contribution >= 4 is 36.4 Å². The predicted molar refractivity (Wildman–Crippen MR) is 166 cm³/mol. The highest BCUT2D eigenvalue weighted by Gasteiger charge is 2.21. The number of carbonyl (C=O) groups is 1. The molecule has 1 aromatic rings. The van der Waals surface area contributed by atoms with Crippen LogP contribution in [-0.2, 0) is 11.2 Å². The minimum Gasteiger partial charge on any atom is -0.456 e. The van der Waals surface area contributed by atoms with E-state index in [4.69, 9.17) is 14.7 Å². The summed E-state index contributed by atoms with van der Waals surface area (Å²) in [5, 5.41) is 3.41. The molecule has 1 aliphatic carbocycles. The van der Waals surface area contributed by atoms with Crippen LogP contribution in [0.3, 0.4) is 0 Å². The van der Waals surface area contributed by atoms with Crippen molar-refractivity contribution in [1.82, 2.24) is 5.32 Å². The molecule has 0 bridgehead atoms. The van der Waals surface area contributed by atoms with Gasteiger partial charge < -0.3 is 10.1 Å². The van der Waals surface area contributed by atoms with Gasteiger partial charge in [0.2, 0.25) is 0 Å². The van der Waals surface area contributed by atoms with Crippen molar-refractivity contribution in [3.8, 4) is 0 Å². The number of aliphatic imine (C=N–C) groups is 2. The molecular weight excluding hydrogens is 469 g/mol. The molecule has 1 aromatic carbocycles. The number of rotatable bonds is 10. The monoisotopic (exact) mass is 515 g/mol. The summed E-state index contributed by atoms with van der Waals surface area (Å²) < 4.78 is 5.61. The number of carbonyl (C=O) groups excluding carboxylic acids is 1. The second-order valence-corrected chi connectivity index (χ2v) is 11.4. The smallest absolute Gasteiger partial charge is 0.338 e. The van der Waals surface area contributed by atoms with Gasteiger partial charge in [0.15, 0.2) is 0 Å². The number of nitrogens with one attached hydrogen (secondary N) is 1. The number of benzene rings is 1. The average Bonchev–Trinajstić information content (AvgIpc) is 2.82. The summed E-state index contributed by atoms with van der Waals surface area (Å²) in [6.45, 7) is 23.0. The maximum atomic E-state index is 12.8. The lowest BCUT2D eigenvalue weighted by Crippen LogP contribution is -2.27. The molecule has 0 spiro atoms. The molecule has 6 heteroatoms. The fourth-order valence-electron chi connectivity index (χ4n) is 4.10. The molecule has 0 aromatic heterocycles. The van der Waals surface area contributed by atoms with Crippen LogP contribution < -0.4 is 10.8 Å². The summed E-state index contributed by atoms with van der Waals surface area (Å²) in [7, 11) is 1.95. The van der Waals surface area contributed by atoms with Crippen LogP contribution in [0, 0.1) is 11.8 Å². The topological polar surface area (TPSA) is 63.0 Å². The number of hydrogen-bond donors (Lipinski definition) is 1. The van der Waals surface area contributed by atoms with Crippen LogP contribution >= 0.6 is 0 Å². The summed E-state index contributed by atoms with van der Waals surface area (Å²) in [5.41, 5.74) is 6.92. The Morgan fingerprint density at radius 1 is 1.26 bits per heavy atom. The fraction of sp³-hybridized carbons (Fsp3) is 0.469. The molecule has 5 nitrogen and oxygen atoms in total. The quantitative estimate of drug-likeness (QED) is 0.185. The Morgan fingerprint density at radius 2 is 1.95 bits per heavy atom. The first-order chi connectivity index (χ1) is 17.7. The Morgan fingerprint density at radius 3 is 2.55 bits per heavy atom. The maximum absolute atomic E-state index is 12.8. The van der Waals surface area contributed by atoms with E-state index >= 15 is 0 Å². The van der Waals surface area contributed by atoms with E-state index < -0.39 is 5.60 Å². The summed E-state index contributed by atoms with van der Waals surface area (Å²) in [6.07, 6.45) is 11.6. The Kier molecular flexibility index (Phi) is 11.1. The molecule has 0 fully saturated rings. The van der Waals surface area contributed by atoms with Gasteiger partial charge >= 0.3 is 5.97 Å². The highest BCUT2D eigenvalue weighted by atomic mass is 16.6. The second-order valence-electron chi connectivity index (χ2n) is 11.4. The van der Waals surface area contributed by atoms with E-state index in [0.29, 0.717) is 18.0 Å². The third-order valence-electron chi connectivity index (χ3n) is 6.46. The standard InChI is InChI=1S/C32H46BN3O2/c1-11-25-17-28(33)27(31(37)38-32(8,9)10)19-30(25)36-23(6)21(4)13-12-16-34-24(7)26-15-14-22(5)29(18-26)35-20(2)3/h12-15,17-19,21-22,29,34H,7,11,16,33H2,1-6,8-10H3/b13-12-,36-23+. The number of nitrogens with zero attached hydrogens (tertiary/aromatic N) is 2. The number of allylic oxidation sites excluding steroid dienone is 2. The predicted octanol–water partition coefficient (Wildman–Crippen LogP) is 5.83. The van der Waals surface area contributed by atoms with Crippen molar-refractivity contribution in [3.05, 3.63) is 71.5 Å². The molecule has 204 valence electrons. The van der Waals surface area contributed by atoms with Gasteiger partial charge in [-0.2, -0.15) is 0 Å². The lowest BCUT2D eigenvalue weighted by Gasteiger charge is -2.21. The van der Waals surface area contributed by atoms with Crippen LogP contribution in [0.2, 0.25) is 0 Å². The third kappa shape index (κ3) is 9.31. The van der Waals surface area contributed by atoms with Gasteiger partial charge in [0.25, 0.3) is 0 Å². The molecule has 1 N–H and O–H groups in total. The van der Waals surface area contributed by atoms with Gasteiger partial charge in [-0.3, -0.25) is 9.98 Å². The lowest BCUT2D eigenvalue weighted by atomic mass is 9.87. The molecule has 2 rings (SSSR count). The number of ether oxygens (including phenoxy) is 1. The lowest BCUT2D eigenvalue weighted by molar-refractivity contribution is 0.00711. The number of aryl methyl sites for hydroxylation is 1. The second kappa shape index (κ2) is 13.6. The summed E-state index contributed by atoms with van der Waals surface area (Å²) in [4.78, 5) is 22.4. The van der Waals surface area contributed by atoms with E-state index in [-0.39, 0.29) is 17.9 Å². The molecule has 3 unspecified atom stereocenters. The highest BCUT2D eigenvalue weighted by Crippen LogP contribution is 2.24. The van der Waals surface area contributed by atoms with Crippen molar-refractivity contribution in [2.24, 2.45) is 21.8 Å². The van der Waals surface area contributed by atoms with E-state index in [1.54, 1.807) is 0 Å². The molecule has 3 atom stereocenters. The summed E-state index contributed by atoms with van der Waals surface area (Å²) in [5.74, 6) is 0.208. The van der Waals surface area contributed by atoms with Crippen LogP contribution in [0.5, 0.6) is 0 Å². The van der Waals surface area contributed by atoms with Crippen LogP contribution in [0.4, 0.5) is 5.69 Å². The van der Waals surface area contributed by atoms with Gasteiger partial charge in [-0.05, 0) is 65.2 Å². The van der Waals surface area contributed by atoms with Crippen LogP contribution in [0.1, 0.15) is 78.2 Å². The van der Waals surface area contributed by atoms with Gasteiger partial charge in [-0.15, -0.1) is 0 Å². The van der Waals surface area contributed by atoms with E-state index in [9.17, 15) is 4.79 Å². The van der Waals surface area contributed by atoms with Crippen molar-refractivity contribution in [2.45, 2.75) is 80.4 Å². The zero-order valence-corrected chi connectivity index (χ0v) is 25.1. The average molecular weight is 516 g/mol. The first-order valence-electron chi connectivity index (χ1n) is 13.6. The minimum atomic E-state index is -0.544. The zero-order valence-electron chi connectivity index (χ0n) is 25.1. The molecule has 0 saturated heterocycles. The van der Waals surface area contributed by atoms with Gasteiger partial charge in [-0.1, -0.05) is 69.3 Å². The van der Waals surface area contributed by atoms with Gasteiger partial charge in [-0.25, -0.2) is 4.79 Å². The normalized spacial score (nSPS) is 18.7. The molecule has 0 aliphatic heterocycles. The van der Waals surface area contributed by atoms with E-state index in [1.165, 1.54) is 0 Å². The maximum Gasteiger partial charge on any atom is 0.338 e. The van der Waals surface area contributed by atoms with Crippen molar-refractivity contribution in [1.29, 1.82) is 0 Å². The first kappa shape index (κ1) is 31.1. The Balaban J connectivity index is 2.09. The van der Waals surface area contributed by atoms with Crippen molar-refractivity contribution < 1.29 is 9.53 Å². The van der Waals surface area contributed by atoms with E-state index in [1.807, 2.05) is 61.5 Å². The molecule has 0 heterocycles. The molecule has 0 radical (unpaired) electrons. The third-order valence-corrected chi connectivity index (χ3v) is 6.46. The van der Waals surface area contributed by atoms with Gasteiger partial charge in [0.05, 0.1) is 17.3 Å². The Hall–Kier alpha value is -3.15. The largest absolute Gasteiger partial charge is 0.456 e. The molecule has 0 saturated carbocycles. The summed E-state index contributed by atoms with van der Waals surface area (Å²) in [6, 6.07) is 4.07. The van der Waals surface area contributed by atoms with E-state index in [0.717, 1.165) is 45.8 Å². The Bertz CT molecular complexity index is 1180. The van der Waals surface area contributed by atoms with Crippen LogP contribution in [-0.4, -0.2) is 43.4 Å². The van der Waals surface area contributed by atoms with Gasteiger partial charge in [0, 0.05) is 35.5 Å². The number of hydrogen-bond acceptors (Lipinski definition) is 5. The van der Waals surface area contributed by atoms with Gasteiger partial charge in [0.1, 0.15) is 13.4 Å². The molecule has 38 heavy (non-hydrogen) atoms. The summed E-state index contributed by atoms with van der Waals surface area (Å²) >= 11 is 0. The Labute approximate surface area is 231 Å². The van der Waals surface area contributed by atoms with Crippen molar-refractivity contribution in [2.75, 3.05) is 6.54 Å². The zero-order chi connectivity index (χ0) is 28.6. The fourth-order valence-corrected chi connectivity index (χ4v) is 4.10. The SMILES string of the molecule is Bc1cc(CC)c(/N=C(\C)C(C)/C=C\CNC(=C)C2=CC(N=C(C)C)C(C)C=C2)cc1C(=O)OC(C)(C)C. The first-order valence-corrected chi connectivity index (χ1v) is 13.6. The number of esters is 1. The van der Waals surface area contributed by atoms with Crippen molar-refractivity contribution in [3.63, 3.8) is 0 Å². The van der Waals surface area contributed by atoms with E-state index in [2.05, 4.69) is 63.0 Å². The van der Waals surface area contributed by atoms with Crippen LogP contribution in [0.15, 0.2) is 70.3 Å². The molecular formula is C32H46BN3O2. The highest BCUT2D eigenvalue weighted by molar-refractivity contribution is 6.36. The van der Waals surface area contributed by atoms with Crippen LogP contribution in [0.25, 0.3) is 0 Å². The minimum absolute atomic E-state index is 0.141.